The van der Waals surface area contributed by atoms with Crippen LogP contribution in [0.1, 0.15) is 79.1 Å². The molecule has 2 rings (SSSR count). The Labute approximate surface area is 127 Å². The lowest BCUT2D eigenvalue weighted by atomic mass is 9.69. The van der Waals surface area contributed by atoms with Crippen molar-refractivity contribution in [3.8, 4) is 0 Å². The first-order valence-corrected chi connectivity index (χ1v) is 8.65. The first-order valence-electron chi connectivity index (χ1n) is 8.65. The van der Waals surface area contributed by atoms with E-state index in [2.05, 4.69) is 13.8 Å². The van der Waals surface area contributed by atoms with Crippen LogP contribution in [-0.4, -0.2) is 12.1 Å². The van der Waals surface area contributed by atoms with Crippen LogP contribution in [0.15, 0.2) is 0 Å². The highest BCUT2D eigenvalue weighted by atomic mass is 14.7. The second-order valence-electron chi connectivity index (χ2n) is 7.26. The van der Waals surface area contributed by atoms with Gasteiger partial charge in [0.25, 0.3) is 0 Å². The third-order valence-electron chi connectivity index (χ3n) is 6.02. The van der Waals surface area contributed by atoms with Crippen LogP contribution in [0.2, 0.25) is 0 Å². The third-order valence-corrected chi connectivity index (χ3v) is 6.02. The van der Waals surface area contributed by atoms with Crippen molar-refractivity contribution < 1.29 is 0 Å². The standard InChI is InChI=1S/C17H34N2.CH4/c1-3-14-10-12(5-7-16(14)18)9-13-6-8-17(19)15(4-2)11-13;/h12-17H,3-11,18-19H2,1-2H3;1H4. The van der Waals surface area contributed by atoms with Gasteiger partial charge in [-0.3, -0.25) is 0 Å². The molecule has 4 N–H and O–H groups in total. The maximum atomic E-state index is 6.23. The zero-order chi connectivity index (χ0) is 13.8. The fourth-order valence-electron chi connectivity index (χ4n) is 4.61. The normalized spacial score (nSPS) is 42.0. The van der Waals surface area contributed by atoms with Gasteiger partial charge in [0.2, 0.25) is 0 Å². The molecule has 0 aromatic heterocycles. The van der Waals surface area contributed by atoms with E-state index in [9.17, 15) is 0 Å². The molecule has 20 heavy (non-hydrogen) atoms. The monoisotopic (exact) mass is 282 g/mol. The summed E-state index contributed by atoms with van der Waals surface area (Å²) >= 11 is 0. The predicted octanol–water partition coefficient (Wildman–Crippen LogP) is 4.32. The predicted molar refractivity (Wildman–Crippen MR) is 89.5 cm³/mol. The van der Waals surface area contributed by atoms with E-state index in [0.29, 0.717) is 12.1 Å². The summed E-state index contributed by atoms with van der Waals surface area (Å²) in [5.41, 5.74) is 12.5. The summed E-state index contributed by atoms with van der Waals surface area (Å²) < 4.78 is 0. The number of hydrogen-bond acceptors (Lipinski definition) is 2. The molecule has 6 unspecified atom stereocenters. The molecule has 0 bridgehead atoms. The summed E-state index contributed by atoms with van der Waals surface area (Å²) in [5, 5.41) is 0. The minimum Gasteiger partial charge on any atom is -0.327 e. The van der Waals surface area contributed by atoms with Gasteiger partial charge in [0, 0.05) is 12.1 Å². The summed E-state index contributed by atoms with van der Waals surface area (Å²) in [4.78, 5) is 0. The Morgan fingerprint density at radius 3 is 1.50 bits per heavy atom. The van der Waals surface area contributed by atoms with E-state index >= 15 is 0 Å². The Morgan fingerprint density at radius 1 is 0.750 bits per heavy atom. The van der Waals surface area contributed by atoms with Crippen LogP contribution >= 0.6 is 0 Å². The van der Waals surface area contributed by atoms with E-state index in [1.165, 1.54) is 57.8 Å². The van der Waals surface area contributed by atoms with E-state index in [1.54, 1.807) is 0 Å². The molecule has 0 aromatic carbocycles. The Bertz CT molecular complexity index is 240. The number of hydrogen-bond donors (Lipinski definition) is 2. The second kappa shape index (κ2) is 8.38. The second-order valence-corrected chi connectivity index (χ2v) is 7.26. The SMILES string of the molecule is C.CCC1CC(CC2CCC(N)C(CC)C2)CCC1N. The highest BCUT2D eigenvalue weighted by Gasteiger charge is 2.32. The van der Waals surface area contributed by atoms with E-state index in [0.717, 1.165) is 23.7 Å². The fourth-order valence-corrected chi connectivity index (χ4v) is 4.61. The lowest BCUT2D eigenvalue weighted by Crippen LogP contribution is -2.38. The smallest absolute Gasteiger partial charge is 0.00672 e. The average Bonchev–Trinajstić information content (AvgIpc) is 2.43. The quantitative estimate of drug-likeness (QED) is 0.807. The molecule has 6 atom stereocenters. The number of nitrogens with two attached hydrogens (primary N) is 2. The number of rotatable bonds is 4. The van der Waals surface area contributed by atoms with Crippen molar-refractivity contribution in [1.82, 2.24) is 0 Å². The van der Waals surface area contributed by atoms with Crippen molar-refractivity contribution in [2.24, 2.45) is 35.1 Å². The molecule has 0 aliphatic heterocycles. The summed E-state index contributed by atoms with van der Waals surface area (Å²) in [6, 6.07) is 0.953. The van der Waals surface area contributed by atoms with Crippen molar-refractivity contribution in [3.63, 3.8) is 0 Å². The van der Waals surface area contributed by atoms with Crippen LogP contribution in [0.4, 0.5) is 0 Å². The molecule has 0 amide bonds. The van der Waals surface area contributed by atoms with Crippen molar-refractivity contribution in [2.75, 3.05) is 0 Å². The van der Waals surface area contributed by atoms with Crippen LogP contribution in [0, 0.1) is 23.7 Å². The molecule has 2 aliphatic carbocycles. The molecule has 2 fully saturated rings. The van der Waals surface area contributed by atoms with Gasteiger partial charge in [-0.1, -0.05) is 34.1 Å². The van der Waals surface area contributed by atoms with E-state index in [4.69, 9.17) is 11.5 Å². The van der Waals surface area contributed by atoms with Crippen molar-refractivity contribution in [3.05, 3.63) is 0 Å². The molecule has 2 heteroatoms. The molecule has 0 heterocycles. The molecule has 0 saturated heterocycles. The molecule has 2 saturated carbocycles. The van der Waals surface area contributed by atoms with Gasteiger partial charge in [0.05, 0.1) is 0 Å². The molecular weight excluding hydrogens is 244 g/mol. The van der Waals surface area contributed by atoms with Gasteiger partial charge in [-0.05, 0) is 68.6 Å². The average molecular weight is 283 g/mol. The van der Waals surface area contributed by atoms with Crippen LogP contribution < -0.4 is 11.5 Å². The first-order chi connectivity index (χ1) is 9.13. The highest BCUT2D eigenvalue weighted by Crippen LogP contribution is 2.39. The Hall–Kier alpha value is -0.0800. The Balaban J connectivity index is 0.00000200. The van der Waals surface area contributed by atoms with Crippen LogP contribution in [-0.2, 0) is 0 Å². The Kier molecular flexibility index (Phi) is 7.53. The molecule has 0 spiro atoms. The van der Waals surface area contributed by atoms with E-state index in [-0.39, 0.29) is 7.43 Å². The van der Waals surface area contributed by atoms with Crippen LogP contribution in [0.3, 0.4) is 0 Å². The van der Waals surface area contributed by atoms with Crippen molar-refractivity contribution >= 4 is 0 Å². The largest absolute Gasteiger partial charge is 0.327 e. The minimum atomic E-state index is 0. The van der Waals surface area contributed by atoms with Crippen molar-refractivity contribution in [2.45, 2.75) is 91.1 Å². The van der Waals surface area contributed by atoms with Crippen LogP contribution in [0.25, 0.3) is 0 Å². The van der Waals surface area contributed by atoms with Gasteiger partial charge in [-0.25, -0.2) is 0 Å². The van der Waals surface area contributed by atoms with Crippen molar-refractivity contribution in [1.29, 1.82) is 0 Å². The molecular formula is C18H38N2. The summed E-state index contributed by atoms with van der Waals surface area (Å²) in [7, 11) is 0. The zero-order valence-corrected chi connectivity index (χ0v) is 13.0. The maximum absolute atomic E-state index is 6.23. The summed E-state index contributed by atoms with van der Waals surface area (Å²) in [6.45, 7) is 4.61. The summed E-state index contributed by atoms with van der Waals surface area (Å²) in [6.07, 6.45) is 12.0. The van der Waals surface area contributed by atoms with Crippen LogP contribution in [0.5, 0.6) is 0 Å². The molecule has 0 aromatic rings. The lowest BCUT2D eigenvalue weighted by Gasteiger charge is -2.38. The molecule has 2 aliphatic rings. The van der Waals surface area contributed by atoms with Gasteiger partial charge in [0.1, 0.15) is 0 Å². The minimum absolute atomic E-state index is 0. The fraction of sp³-hybridized carbons (Fsp3) is 1.00. The van der Waals surface area contributed by atoms with E-state index in [1.807, 2.05) is 0 Å². The summed E-state index contributed by atoms with van der Waals surface area (Å²) in [5.74, 6) is 3.46. The van der Waals surface area contributed by atoms with Gasteiger partial charge in [-0.2, -0.15) is 0 Å². The Morgan fingerprint density at radius 2 is 1.15 bits per heavy atom. The maximum Gasteiger partial charge on any atom is 0.00672 e. The highest BCUT2D eigenvalue weighted by molar-refractivity contribution is 4.86. The van der Waals surface area contributed by atoms with Gasteiger partial charge < -0.3 is 11.5 Å². The van der Waals surface area contributed by atoms with Gasteiger partial charge in [-0.15, -0.1) is 0 Å². The van der Waals surface area contributed by atoms with E-state index < -0.39 is 0 Å². The molecule has 0 radical (unpaired) electrons. The first kappa shape index (κ1) is 18.0. The topological polar surface area (TPSA) is 52.0 Å². The lowest BCUT2D eigenvalue weighted by molar-refractivity contribution is 0.154. The zero-order valence-electron chi connectivity index (χ0n) is 13.0. The third kappa shape index (κ3) is 4.46. The molecule has 120 valence electrons. The van der Waals surface area contributed by atoms with Gasteiger partial charge in [0.15, 0.2) is 0 Å². The van der Waals surface area contributed by atoms with Gasteiger partial charge >= 0.3 is 0 Å². The molecule has 2 nitrogen and oxygen atoms in total.